The average Bonchev–Trinajstić information content (AvgIpc) is 0.825. The lowest BCUT2D eigenvalue weighted by atomic mass is 9.85. The van der Waals surface area contributed by atoms with Gasteiger partial charge in [0.1, 0.15) is 116 Å². The van der Waals surface area contributed by atoms with Gasteiger partial charge in [0.25, 0.3) is 0 Å². The lowest BCUT2D eigenvalue weighted by Gasteiger charge is -2.38. The minimum Gasteiger partial charge on any atom is -0.464 e. The molecular formula is C76H121Br9N8O29. The summed E-state index contributed by atoms with van der Waals surface area (Å²) in [6, 6.07) is 0. The van der Waals surface area contributed by atoms with Gasteiger partial charge in [-0.05, 0) is 125 Å². The molecule has 0 radical (unpaired) electrons. The molecule has 0 aromatic carbocycles. The van der Waals surface area contributed by atoms with E-state index in [9.17, 15) is 71.9 Å². The number of alkyl halides is 9. The molecule has 1 atom stereocenters. The van der Waals surface area contributed by atoms with E-state index in [0.717, 1.165) is 0 Å². The minimum atomic E-state index is -1.99. The summed E-state index contributed by atoms with van der Waals surface area (Å²) in [6.07, 6.45) is 0.980. The third kappa shape index (κ3) is 51.8. The number of carbonyl (C=O) groups is 15. The second kappa shape index (κ2) is 54.5. The Kier molecular flexibility index (Phi) is 52.7. The molecule has 37 nitrogen and oxygen atoms in total. The summed E-state index contributed by atoms with van der Waals surface area (Å²) in [6.45, 7) is 19.7. The molecule has 0 saturated heterocycles. The second-order valence-electron chi connectivity index (χ2n) is 32.8. The van der Waals surface area contributed by atoms with Gasteiger partial charge in [0, 0.05) is 31.5 Å². The quantitative estimate of drug-likeness (QED) is 0.00940. The number of esters is 6. The number of rotatable bonds is 64. The van der Waals surface area contributed by atoms with E-state index in [0.29, 0.717) is 19.8 Å². The standard InChI is InChI=1S/C76H121Br9N8O29/c1-20-21-109-22-23-110-24-25-111-26-27-112-28-29-113-42-74(39-88-52(97)34-116-36-54(99)92-76(93-57(102)66(6,7)79,40-89-55(100)64(2,3)77)41-90-56(101)65(4,5)78,37-86-50(95)32-114-31-49(94)30-73(43-117-58(103)67(8,9)80,44-118-59(104)68(10,11)81)45-119-60(105)69(12,13)82)38-87-51(96)33-115-35-53(98)91-75(46-120-61(106)70(14,15)83,47-121-62(107)71(16,17)84)48-122-63(108)72(18,19)85/h20H,1,21-48H2,2-19H3,(H,86,95)(H,87,96)(H,88,97)(H,89,100)(H,90,101)(H,91,98)(H,92,99)(H,93,102). The first kappa shape index (κ1) is 118. The molecule has 46 heteroatoms. The first-order chi connectivity index (χ1) is 55.7. The monoisotopic (exact) mass is 2320 g/mol. The van der Waals surface area contributed by atoms with E-state index in [1.54, 1.807) is 33.8 Å². The molecule has 0 aliphatic carbocycles. The fourth-order valence-corrected chi connectivity index (χ4v) is 9.81. The van der Waals surface area contributed by atoms with Crippen LogP contribution < -0.4 is 42.5 Å². The predicted octanol–water partition coefficient (Wildman–Crippen LogP) is 5.42. The van der Waals surface area contributed by atoms with E-state index in [4.69, 9.17) is 66.3 Å². The van der Waals surface area contributed by atoms with E-state index in [1.165, 1.54) is 96.9 Å². The number of carbonyl (C=O) groups excluding carboxylic acids is 15. The van der Waals surface area contributed by atoms with Crippen LogP contribution in [0.15, 0.2) is 12.7 Å². The van der Waals surface area contributed by atoms with Crippen molar-refractivity contribution in [1.82, 2.24) is 42.5 Å². The van der Waals surface area contributed by atoms with Gasteiger partial charge in [0.05, 0.1) is 97.5 Å². The van der Waals surface area contributed by atoms with Crippen LogP contribution in [0.2, 0.25) is 0 Å². The Labute approximate surface area is 789 Å². The first-order valence-electron chi connectivity index (χ1n) is 38.0. The molecule has 8 amide bonds. The van der Waals surface area contributed by atoms with Gasteiger partial charge in [-0.2, -0.15) is 0 Å². The van der Waals surface area contributed by atoms with Gasteiger partial charge in [-0.1, -0.05) is 149 Å². The van der Waals surface area contributed by atoms with Crippen LogP contribution in [0.5, 0.6) is 0 Å². The maximum Gasteiger partial charge on any atom is 0.322 e. The third-order valence-electron chi connectivity index (χ3n) is 15.9. The Balaban J connectivity index is 7.91. The van der Waals surface area contributed by atoms with Gasteiger partial charge >= 0.3 is 35.8 Å². The zero-order valence-corrected chi connectivity index (χ0v) is 86.6. The molecule has 0 saturated carbocycles. The fourth-order valence-electron chi connectivity index (χ4n) is 8.75. The normalized spacial score (nSPS) is 13.2. The van der Waals surface area contributed by atoms with E-state index >= 15 is 0 Å². The van der Waals surface area contributed by atoms with Gasteiger partial charge in [0.2, 0.25) is 47.3 Å². The van der Waals surface area contributed by atoms with E-state index in [-0.39, 0.29) is 39.6 Å². The number of hydrogen-bond acceptors (Lipinski definition) is 29. The van der Waals surface area contributed by atoms with Crippen molar-refractivity contribution in [3.63, 3.8) is 0 Å². The van der Waals surface area contributed by atoms with Crippen molar-refractivity contribution < 1.29 is 138 Å². The van der Waals surface area contributed by atoms with Gasteiger partial charge in [-0.15, -0.1) is 6.58 Å². The molecule has 0 aromatic rings. The molecule has 122 heavy (non-hydrogen) atoms. The van der Waals surface area contributed by atoms with E-state index < -0.39 is 275 Å². The molecule has 0 heterocycles. The molecule has 0 aliphatic rings. The maximum atomic E-state index is 14.1. The molecule has 0 aromatic heterocycles. The number of nitrogens with one attached hydrogen (secondary N) is 8. The van der Waals surface area contributed by atoms with Crippen LogP contribution in [-0.4, -0.2) is 317 Å². The minimum absolute atomic E-state index is 0.0615. The Morgan fingerprint density at radius 2 is 0.541 bits per heavy atom. The van der Waals surface area contributed by atoms with Crippen LogP contribution in [0.3, 0.4) is 0 Å². The molecule has 0 bridgehead atoms. The largest absolute Gasteiger partial charge is 0.464 e. The van der Waals surface area contributed by atoms with Gasteiger partial charge in [0.15, 0.2) is 5.78 Å². The van der Waals surface area contributed by atoms with Crippen LogP contribution in [0.4, 0.5) is 0 Å². The summed E-state index contributed by atoms with van der Waals surface area (Å²) < 4.78 is 67.6. The van der Waals surface area contributed by atoms with Crippen molar-refractivity contribution in [1.29, 1.82) is 0 Å². The van der Waals surface area contributed by atoms with Crippen molar-refractivity contribution in [3.05, 3.63) is 12.7 Å². The Morgan fingerprint density at radius 1 is 0.270 bits per heavy atom. The lowest BCUT2D eigenvalue weighted by molar-refractivity contribution is -0.167. The highest BCUT2D eigenvalue weighted by molar-refractivity contribution is 9.11. The number of amides is 8. The Hall–Kier alpha value is -4.01. The number of ether oxygens (including phenoxy) is 14. The number of Topliss-reactive ketones (excluding diaryl/α,β-unsaturated/α-hetero) is 1. The van der Waals surface area contributed by atoms with E-state index in [1.807, 2.05) is 0 Å². The summed E-state index contributed by atoms with van der Waals surface area (Å²) in [7, 11) is 0. The molecule has 0 spiro atoms. The molecule has 0 fully saturated rings. The highest BCUT2D eigenvalue weighted by Crippen LogP contribution is 2.32. The summed E-state index contributed by atoms with van der Waals surface area (Å²) in [5.74, 6) is -12.3. The zero-order chi connectivity index (χ0) is 94.2. The predicted molar refractivity (Wildman–Crippen MR) is 479 cm³/mol. The first-order valence-corrected chi connectivity index (χ1v) is 45.1. The van der Waals surface area contributed by atoms with Crippen LogP contribution in [0.1, 0.15) is 131 Å². The van der Waals surface area contributed by atoms with Crippen LogP contribution in [0.25, 0.3) is 0 Å². The van der Waals surface area contributed by atoms with Gasteiger partial charge < -0.3 is 109 Å². The van der Waals surface area contributed by atoms with Crippen molar-refractivity contribution in [2.45, 2.75) is 181 Å². The number of halogens is 9. The van der Waals surface area contributed by atoms with Crippen LogP contribution in [0, 0.1) is 10.8 Å². The average molecular weight is 2330 g/mol. The van der Waals surface area contributed by atoms with Crippen molar-refractivity contribution in [2.75, 3.05) is 178 Å². The van der Waals surface area contributed by atoms with E-state index in [2.05, 4.69) is 192 Å². The number of hydrogen-bond donors (Lipinski definition) is 8. The smallest absolute Gasteiger partial charge is 0.322 e. The molecule has 8 N–H and O–H groups in total. The molecule has 0 rings (SSSR count). The SMILES string of the molecule is C=CCOCCOCCOCCOCCOCC(CNC(=O)COCC(=O)CC(COC(=O)C(C)(C)Br)(COC(=O)C(C)(C)Br)COC(=O)C(C)(C)Br)(CNC(=O)COCC(=O)NC(COC(=O)C(C)(C)Br)(COC(=O)C(C)(C)Br)COC(=O)C(C)(C)Br)CNC(=O)COCC(=O)NC(CNC(=O)C(C)(C)Br)(CNC(=O)C(C)(C)Br)NC(=O)C(C)(C)Br. The van der Waals surface area contributed by atoms with Gasteiger partial charge in [-0.25, -0.2) is 0 Å². The Morgan fingerprint density at radius 3 is 0.836 bits per heavy atom. The lowest BCUT2D eigenvalue weighted by Crippen LogP contribution is -2.72. The van der Waals surface area contributed by atoms with Crippen molar-refractivity contribution in [3.8, 4) is 0 Å². The summed E-state index contributed by atoms with van der Waals surface area (Å²) >= 11 is 29.3. The van der Waals surface area contributed by atoms with Crippen LogP contribution >= 0.6 is 143 Å². The number of ketones is 1. The Bertz CT molecular complexity index is 3150. The van der Waals surface area contributed by atoms with Crippen molar-refractivity contribution >= 4 is 232 Å². The van der Waals surface area contributed by atoms with Crippen LogP contribution in [-0.2, 0) is 138 Å². The maximum absolute atomic E-state index is 14.1. The highest BCUT2D eigenvalue weighted by Gasteiger charge is 2.46. The molecule has 1 unspecified atom stereocenters. The fraction of sp³-hybridized carbons (Fsp3) is 0.776. The third-order valence-corrected chi connectivity index (χ3v) is 18.9. The molecule has 0 aliphatic heterocycles. The van der Waals surface area contributed by atoms with Crippen molar-refractivity contribution in [2.24, 2.45) is 10.8 Å². The zero-order valence-electron chi connectivity index (χ0n) is 72.3. The summed E-state index contributed by atoms with van der Waals surface area (Å²) in [5, 5.41) is 21.2. The molecular weight excluding hydrogens is 2210 g/mol. The van der Waals surface area contributed by atoms with Gasteiger partial charge in [-0.3, -0.25) is 71.9 Å². The second-order valence-corrected chi connectivity index (χ2v) is 50.6. The summed E-state index contributed by atoms with van der Waals surface area (Å²) in [4.78, 5) is 204. The molecule has 702 valence electrons. The highest BCUT2D eigenvalue weighted by atomic mass is 79.9. The summed E-state index contributed by atoms with van der Waals surface area (Å²) in [5.41, 5.74) is -7.36. The topological polar surface area (TPSA) is 482 Å².